The molecule has 0 N–H and O–H groups in total. The van der Waals surface area contributed by atoms with Crippen molar-refractivity contribution in [3.8, 4) is 6.07 Å². The summed E-state index contributed by atoms with van der Waals surface area (Å²) < 4.78 is 32.5. The third-order valence-electron chi connectivity index (χ3n) is 7.00. The Balaban J connectivity index is 1.43. The number of nitriles is 1. The third-order valence-corrected chi connectivity index (χ3v) is 7.00. The molecule has 0 bridgehead atoms. The van der Waals surface area contributed by atoms with Gasteiger partial charge in [-0.25, -0.2) is 0 Å². The van der Waals surface area contributed by atoms with Crippen molar-refractivity contribution in [3.05, 3.63) is 144 Å². The van der Waals surface area contributed by atoms with E-state index in [4.69, 9.17) is 23.7 Å². The largest absolute Gasteiger partial charge is 0.368 e. The van der Waals surface area contributed by atoms with Gasteiger partial charge in [-0.3, -0.25) is 0 Å². The fourth-order valence-corrected chi connectivity index (χ4v) is 4.89. The van der Waals surface area contributed by atoms with Crippen molar-refractivity contribution < 1.29 is 23.7 Å². The maximum atomic E-state index is 9.73. The van der Waals surface area contributed by atoms with Crippen molar-refractivity contribution in [3.63, 3.8) is 0 Å². The Kier molecular flexibility index (Phi) is 10.7. The van der Waals surface area contributed by atoms with Gasteiger partial charge in [0.05, 0.1) is 38.9 Å². The van der Waals surface area contributed by atoms with Gasteiger partial charge in [-0.1, -0.05) is 121 Å². The predicted octanol–water partition coefficient (Wildman–Crippen LogP) is 6.60. The molecular weight excluding hydrogens is 514 g/mol. The molecular formula is C35H35NO5. The Hall–Kier alpha value is -3.83. The van der Waals surface area contributed by atoms with E-state index < -0.39 is 30.7 Å². The minimum Gasteiger partial charge on any atom is -0.368 e. The first-order valence-electron chi connectivity index (χ1n) is 13.9. The molecule has 1 aliphatic rings. The fraction of sp³-hybridized carbons (Fsp3) is 0.286. The van der Waals surface area contributed by atoms with E-state index in [1.54, 1.807) is 0 Å². The van der Waals surface area contributed by atoms with Crippen molar-refractivity contribution in [1.29, 1.82) is 5.26 Å². The average Bonchev–Trinajstić information content (AvgIpc) is 3.03. The molecule has 0 aliphatic carbocycles. The van der Waals surface area contributed by atoms with Crippen LogP contribution in [0.2, 0.25) is 0 Å². The van der Waals surface area contributed by atoms with Crippen molar-refractivity contribution >= 4 is 0 Å². The zero-order chi connectivity index (χ0) is 28.1. The highest BCUT2D eigenvalue weighted by Crippen LogP contribution is 2.32. The van der Waals surface area contributed by atoms with Crippen LogP contribution in [0.5, 0.6) is 0 Å². The maximum Gasteiger partial charge on any atom is 0.187 e. The number of rotatable bonds is 13. The van der Waals surface area contributed by atoms with Crippen LogP contribution in [-0.4, -0.2) is 30.7 Å². The smallest absolute Gasteiger partial charge is 0.187 e. The molecule has 0 radical (unpaired) electrons. The molecule has 1 unspecified atom stereocenters. The fourth-order valence-electron chi connectivity index (χ4n) is 4.89. The van der Waals surface area contributed by atoms with Crippen LogP contribution in [0.25, 0.3) is 0 Å². The summed E-state index contributed by atoms with van der Waals surface area (Å²) in [7, 11) is 0. The molecule has 0 spiro atoms. The Morgan fingerprint density at radius 3 is 1.27 bits per heavy atom. The molecule has 6 heteroatoms. The lowest BCUT2D eigenvalue weighted by Crippen LogP contribution is -2.60. The summed E-state index contributed by atoms with van der Waals surface area (Å²) in [6.07, 6.45) is -2.94. The first kappa shape index (κ1) is 28.7. The number of benzene rings is 4. The number of hydrogen-bond acceptors (Lipinski definition) is 6. The predicted molar refractivity (Wildman–Crippen MR) is 155 cm³/mol. The second-order valence-electron chi connectivity index (χ2n) is 9.99. The standard InChI is InChI=1S/C35H35NO5/c36-22-21-31-32(37-23-27-13-5-1-6-14-27)33(38-24-28-15-7-2-8-16-28)34(39-25-29-17-9-3-10-18-29)35(41-31)40-26-30-19-11-4-12-20-30/h1-20,31-35H,21,23-26H2/t31-,32-,33+,34+,35?/m1/s1. The monoisotopic (exact) mass is 549 g/mol. The van der Waals surface area contributed by atoms with Gasteiger partial charge in [-0.2, -0.15) is 5.26 Å². The quantitative estimate of drug-likeness (QED) is 0.187. The van der Waals surface area contributed by atoms with Crippen molar-refractivity contribution in [1.82, 2.24) is 0 Å². The molecule has 5 atom stereocenters. The van der Waals surface area contributed by atoms with Gasteiger partial charge in [0.2, 0.25) is 0 Å². The van der Waals surface area contributed by atoms with Crippen LogP contribution >= 0.6 is 0 Å². The molecule has 6 nitrogen and oxygen atoms in total. The van der Waals surface area contributed by atoms with Crippen LogP contribution in [-0.2, 0) is 50.1 Å². The lowest BCUT2D eigenvalue weighted by Gasteiger charge is -2.45. The number of nitrogens with zero attached hydrogens (tertiary/aromatic N) is 1. The van der Waals surface area contributed by atoms with E-state index >= 15 is 0 Å². The van der Waals surface area contributed by atoms with Gasteiger partial charge in [0.25, 0.3) is 0 Å². The molecule has 1 heterocycles. The summed E-state index contributed by atoms with van der Waals surface area (Å²) in [6, 6.07) is 42.1. The van der Waals surface area contributed by atoms with E-state index in [1.165, 1.54) is 0 Å². The number of ether oxygens (including phenoxy) is 5. The lowest BCUT2D eigenvalue weighted by atomic mass is 9.96. The van der Waals surface area contributed by atoms with Crippen LogP contribution in [0, 0.1) is 11.3 Å². The van der Waals surface area contributed by atoms with Gasteiger partial charge < -0.3 is 23.7 Å². The van der Waals surface area contributed by atoms with Crippen LogP contribution < -0.4 is 0 Å². The van der Waals surface area contributed by atoms with Crippen LogP contribution in [0.1, 0.15) is 28.7 Å². The van der Waals surface area contributed by atoms with Crippen LogP contribution in [0.4, 0.5) is 0 Å². The van der Waals surface area contributed by atoms with Gasteiger partial charge >= 0.3 is 0 Å². The van der Waals surface area contributed by atoms with E-state index in [0.29, 0.717) is 26.4 Å². The van der Waals surface area contributed by atoms with E-state index in [9.17, 15) is 5.26 Å². The topological polar surface area (TPSA) is 69.9 Å². The van der Waals surface area contributed by atoms with Crippen LogP contribution in [0.3, 0.4) is 0 Å². The maximum absolute atomic E-state index is 9.73. The normalized spacial score (nSPS) is 22.2. The van der Waals surface area contributed by atoms with Crippen molar-refractivity contribution in [2.45, 2.75) is 63.6 Å². The second-order valence-corrected chi connectivity index (χ2v) is 9.99. The summed E-state index contributed by atoms with van der Waals surface area (Å²) in [5.74, 6) is 0. The molecule has 1 aliphatic heterocycles. The van der Waals surface area contributed by atoms with Gasteiger partial charge in [0.15, 0.2) is 6.29 Å². The summed E-state index contributed by atoms with van der Waals surface area (Å²) in [5, 5.41) is 9.73. The highest BCUT2D eigenvalue weighted by atomic mass is 16.7. The first-order valence-corrected chi connectivity index (χ1v) is 13.9. The summed E-state index contributed by atoms with van der Waals surface area (Å²) in [4.78, 5) is 0. The summed E-state index contributed by atoms with van der Waals surface area (Å²) in [5.41, 5.74) is 4.09. The highest BCUT2D eigenvalue weighted by molar-refractivity contribution is 5.16. The number of hydrogen-bond donors (Lipinski definition) is 0. The zero-order valence-corrected chi connectivity index (χ0v) is 23.0. The molecule has 4 aromatic rings. The lowest BCUT2D eigenvalue weighted by molar-refractivity contribution is -0.324. The van der Waals surface area contributed by atoms with E-state index in [-0.39, 0.29) is 6.42 Å². The van der Waals surface area contributed by atoms with Gasteiger partial charge in [-0.05, 0) is 22.3 Å². The Labute approximate surface area is 242 Å². The SMILES string of the molecule is N#CC[C@H]1OC(OCc2ccccc2)[C@@H](OCc2ccccc2)[C@@H](OCc2ccccc2)[C@@H]1OCc1ccccc1. The molecule has 4 aromatic carbocycles. The Bertz CT molecular complexity index is 1330. The highest BCUT2D eigenvalue weighted by Gasteiger charge is 2.49. The van der Waals surface area contributed by atoms with E-state index in [1.807, 2.05) is 121 Å². The Morgan fingerprint density at radius 2 is 0.854 bits per heavy atom. The Morgan fingerprint density at radius 1 is 0.488 bits per heavy atom. The van der Waals surface area contributed by atoms with Crippen molar-refractivity contribution in [2.75, 3.05) is 0 Å². The molecule has 41 heavy (non-hydrogen) atoms. The molecule has 0 aromatic heterocycles. The van der Waals surface area contributed by atoms with Gasteiger partial charge in [0, 0.05) is 0 Å². The average molecular weight is 550 g/mol. The minimum atomic E-state index is -0.769. The van der Waals surface area contributed by atoms with Gasteiger partial charge in [-0.15, -0.1) is 0 Å². The van der Waals surface area contributed by atoms with Gasteiger partial charge in [0.1, 0.15) is 24.4 Å². The molecule has 0 amide bonds. The van der Waals surface area contributed by atoms with Crippen molar-refractivity contribution in [2.24, 2.45) is 0 Å². The first-order chi connectivity index (χ1) is 20.3. The minimum absolute atomic E-state index is 0.126. The molecule has 1 fully saturated rings. The second kappa shape index (κ2) is 15.2. The van der Waals surface area contributed by atoms with Crippen LogP contribution in [0.15, 0.2) is 121 Å². The molecule has 5 rings (SSSR count). The summed E-state index contributed by atoms with van der Waals surface area (Å²) in [6.45, 7) is 1.38. The summed E-state index contributed by atoms with van der Waals surface area (Å²) >= 11 is 0. The zero-order valence-electron chi connectivity index (χ0n) is 23.0. The molecule has 210 valence electrons. The van der Waals surface area contributed by atoms with E-state index in [2.05, 4.69) is 6.07 Å². The van der Waals surface area contributed by atoms with E-state index in [0.717, 1.165) is 22.3 Å². The third kappa shape index (κ3) is 8.34. The molecule has 1 saturated heterocycles. The molecule has 0 saturated carbocycles.